The molecule has 11 heteroatoms. The molecule has 0 bridgehead atoms. The van der Waals surface area contributed by atoms with Gasteiger partial charge in [-0.25, -0.2) is 13.2 Å². The lowest BCUT2D eigenvalue weighted by Gasteiger charge is -2.22. The Morgan fingerprint density at radius 3 is 2.07 bits per heavy atom. The highest BCUT2D eigenvalue weighted by atomic mass is 32.2. The molecule has 0 saturated heterocycles. The Labute approximate surface area is 252 Å². The summed E-state index contributed by atoms with van der Waals surface area (Å²) in [6.45, 7) is 7.09. The summed E-state index contributed by atoms with van der Waals surface area (Å²) in [4.78, 5) is 33.9. The minimum atomic E-state index is -4.08. The average molecular weight is 604 g/mol. The van der Waals surface area contributed by atoms with Crippen molar-refractivity contribution in [3.8, 4) is 5.69 Å². The van der Waals surface area contributed by atoms with Crippen molar-refractivity contribution in [1.82, 2.24) is 14.3 Å². The van der Waals surface area contributed by atoms with Crippen molar-refractivity contribution in [3.05, 3.63) is 102 Å². The molecule has 4 rings (SSSR count). The molecule has 2 N–H and O–H groups in total. The van der Waals surface area contributed by atoms with E-state index in [0.29, 0.717) is 11.6 Å². The number of nitrogens with one attached hydrogen (secondary N) is 2. The Bertz CT molecular complexity index is 1680. The lowest BCUT2D eigenvalue weighted by atomic mass is 10.1. The zero-order valence-corrected chi connectivity index (χ0v) is 26.0. The van der Waals surface area contributed by atoms with Gasteiger partial charge in [0, 0.05) is 19.8 Å². The monoisotopic (exact) mass is 603 g/mol. The van der Waals surface area contributed by atoms with E-state index in [-0.39, 0.29) is 22.8 Å². The molecule has 0 aliphatic carbocycles. The molecule has 1 heterocycles. The molecule has 0 radical (unpaired) electrons. The van der Waals surface area contributed by atoms with Crippen LogP contribution in [0.3, 0.4) is 0 Å². The molecule has 0 aliphatic rings. The van der Waals surface area contributed by atoms with Gasteiger partial charge in [0.1, 0.15) is 11.6 Å². The predicted molar refractivity (Wildman–Crippen MR) is 167 cm³/mol. The number of rotatable bonds is 10. The molecule has 1 atom stereocenters. The van der Waals surface area contributed by atoms with Crippen molar-refractivity contribution in [1.29, 1.82) is 0 Å². The molecule has 0 aliphatic heterocycles. The number of aromatic nitrogens is 2. The minimum Gasteiger partial charge on any atom is -0.455 e. The summed E-state index contributed by atoms with van der Waals surface area (Å²) < 4.78 is 36.6. The predicted octanol–water partition coefficient (Wildman–Crippen LogP) is 4.73. The molecule has 43 heavy (non-hydrogen) atoms. The normalized spacial score (nSPS) is 12.4. The summed E-state index contributed by atoms with van der Waals surface area (Å²) in [6, 6.07) is 23.3. The molecule has 4 aromatic rings. The van der Waals surface area contributed by atoms with Gasteiger partial charge in [-0.15, -0.1) is 0 Å². The third-order valence-corrected chi connectivity index (χ3v) is 7.82. The first-order valence-corrected chi connectivity index (χ1v) is 15.3. The van der Waals surface area contributed by atoms with E-state index in [1.807, 2.05) is 55.5 Å². The number of hydrogen-bond donors (Lipinski definition) is 2. The van der Waals surface area contributed by atoms with Crippen molar-refractivity contribution in [2.45, 2.75) is 50.7 Å². The number of carbonyl (C=O) groups is 2. The number of carbonyl (C=O) groups excluding carboxylic acids is 2. The van der Waals surface area contributed by atoms with Crippen LogP contribution in [0.4, 0.5) is 11.8 Å². The summed E-state index contributed by atoms with van der Waals surface area (Å²) in [5.41, 5.74) is 1.43. The number of nitrogens with zero attached hydrogens (tertiary/aromatic N) is 3. The second-order valence-electron chi connectivity index (χ2n) is 11.3. The maximum Gasteiger partial charge on any atom is 0.359 e. The summed E-state index contributed by atoms with van der Waals surface area (Å²) in [6.07, 6.45) is 0.0550. The summed E-state index contributed by atoms with van der Waals surface area (Å²) in [5.74, 6) is -1.08. The highest BCUT2D eigenvalue weighted by molar-refractivity contribution is 7.89. The van der Waals surface area contributed by atoms with E-state index in [9.17, 15) is 18.0 Å². The molecular weight excluding hydrogens is 566 g/mol. The molecule has 1 amide bonds. The van der Waals surface area contributed by atoms with E-state index in [1.54, 1.807) is 68.6 Å². The van der Waals surface area contributed by atoms with Gasteiger partial charge in [0.2, 0.25) is 21.9 Å². The van der Waals surface area contributed by atoms with E-state index in [1.165, 1.54) is 12.1 Å². The van der Waals surface area contributed by atoms with Crippen LogP contribution in [0.1, 0.15) is 42.4 Å². The molecule has 10 nitrogen and oxygen atoms in total. The van der Waals surface area contributed by atoms with Crippen molar-refractivity contribution in [2.75, 3.05) is 24.3 Å². The van der Waals surface area contributed by atoms with Crippen LogP contribution in [0.5, 0.6) is 0 Å². The van der Waals surface area contributed by atoms with Gasteiger partial charge >= 0.3 is 5.97 Å². The van der Waals surface area contributed by atoms with Crippen LogP contribution >= 0.6 is 0 Å². The van der Waals surface area contributed by atoms with E-state index in [0.717, 1.165) is 11.1 Å². The number of benzene rings is 3. The van der Waals surface area contributed by atoms with Gasteiger partial charge in [-0.2, -0.15) is 9.71 Å². The highest BCUT2D eigenvalue weighted by Crippen LogP contribution is 2.29. The molecule has 3 aromatic carbocycles. The number of hydrogen-bond acceptors (Lipinski definition) is 7. The fourth-order valence-electron chi connectivity index (χ4n) is 4.35. The Kier molecular flexibility index (Phi) is 9.37. The maximum atomic E-state index is 13.9. The van der Waals surface area contributed by atoms with Crippen LogP contribution in [-0.2, 0) is 26.0 Å². The zero-order valence-electron chi connectivity index (χ0n) is 25.2. The average Bonchev–Trinajstić information content (AvgIpc) is 3.32. The Morgan fingerprint density at radius 1 is 0.930 bits per heavy atom. The number of esters is 1. The molecule has 226 valence electrons. The second kappa shape index (κ2) is 12.8. The molecule has 0 fully saturated rings. The quantitative estimate of drug-likeness (QED) is 0.251. The van der Waals surface area contributed by atoms with Crippen LogP contribution in [0, 0.1) is 6.92 Å². The molecule has 0 spiro atoms. The van der Waals surface area contributed by atoms with E-state index in [2.05, 4.69) is 15.0 Å². The summed E-state index contributed by atoms with van der Waals surface area (Å²) in [7, 11) is -0.552. The van der Waals surface area contributed by atoms with E-state index < -0.39 is 33.5 Å². The van der Waals surface area contributed by atoms with Gasteiger partial charge in [-0.1, -0.05) is 66.2 Å². The van der Waals surface area contributed by atoms with Gasteiger partial charge in [-0.3, -0.25) is 9.36 Å². The topological polar surface area (TPSA) is 123 Å². The number of aryl methyl sites for hydroxylation is 1. The summed E-state index contributed by atoms with van der Waals surface area (Å²) in [5, 5.41) is 2.74. The van der Waals surface area contributed by atoms with Crippen molar-refractivity contribution >= 4 is 33.7 Å². The number of imidazole rings is 1. The van der Waals surface area contributed by atoms with Crippen LogP contribution in [0.25, 0.3) is 5.69 Å². The van der Waals surface area contributed by atoms with Gasteiger partial charge in [0.25, 0.3) is 0 Å². The Morgan fingerprint density at radius 2 is 1.51 bits per heavy atom. The number of amides is 1. The van der Waals surface area contributed by atoms with Crippen LogP contribution in [-0.4, -0.2) is 55.6 Å². The zero-order chi connectivity index (χ0) is 31.4. The second-order valence-corrected chi connectivity index (χ2v) is 13.1. The first-order valence-electron chi connectivity index (χ1n) is 13.8. The SMILES string of the molecule is Cc1ccc(S(=O)(=O)N[C@@H](Cc2ccccc2)C(=O)Nc2nc(N(C)C)n(-c3ccccc3)c2C(=O)OC(C)(C)C)cc1. The molecule has 0 saturated carbocycles. The van der Waals surface area contributed by atoms with E-state index >= 15 is 0 Å². The molecule has 1 aromatic heterocycles. The third-order valence-electron chi connectivity index (χ3n) is 6.34. The van der Waals surface area contributed by atoms with Crippen molar-refractivity contribution < 1.29 is 22.7 Å². The Balaban J connectivity index is 1.78. The van der Waals surface area contributed by atoms with Crippen molar-refractivity contribution in [3.63, 3.8) is 0 Å². The molecule has 0 unspecified atom stereocenters. The lowest BCUT2D eigenvalue weighted by Crippen LogP contribution is -2.45. The smallest absolute Gasteiger partial charge is 0.359 e. The number of ether oxygens (including phenoxy) is 1. The molecular formula is C32H37N5O5S. The number of sulfonamides is 1. The fourth-order valence-corrected chi connectivity index (χ4v) is 5.54. The number of para-hydroxylation sites is 1. The van der Waals surface area contributed by atoms with Crippen LogP contribution < -0.4 is 14.9 Å². The summed E-state index contributed by atoms with van der Waals surface area (Å²) >= 11 is 0. The van der Waals surface area contributed by atoms with E-state index in [4.69, 9.17) is 4.74 Å². The third kappa shape index (κ3) is 7.88. The Hall–Kier alpha value is -4.48. The lowest BCUT2D eigenvalue weighted by molar-refractivity contribution is -0.117. The minimum absolute atomic E-state index is 0.00183. The van der Waals surface area contributed by atoms with Gasteiger partial charge in [-0.05, 0) is 63.9 Å². The maximum absolute atomic E-state index is 13.9. The van der Waals surface area contributed by atoms with Crippen LogP contribution in [0.15, 0.2) is 89.8 Å². The largest absolute Gasteiger partial charge is 0.455 e. The van der Waals surface area contributed by atoms with Gasteiger partial charge in [0.05, 0.1) is 4.90 Å². The standard InChI is InChI=1S/C32H37N5O5S/c1-22-17-19-25(20-18-22)43(40,41)35-26(21-23-13-9-7-10-14-23)29(38)33-28-27(30(39)42-32(2,3)4)37(31(34-28)36(5)6)24-15-11-8-12-16-24/h7-20,26,35H,21H2,1-6H3,(H,33,38)/t26-/m0/s1. The van der Waals surface area contributed by atoms with Crippen molar-refractivity contribution in [2.24, 2.45) is 0 Å². The first kappa shape index (κ1) is 31.5. The fraction of sp³-hybridized carbons (Fsp3) is 0.281. The highest BCUT2D eigenvalue weighted by Gasteiger charge is 2.33. The van der Waals surface area contributed by atoms with Gasteiger partial charge in [0.15, 0.2) is 11.5 Å². The first-order chi connectivity index (χ1) is 20.2. The van der Waals surface area contributed by atoms with Crippen LogP contribution in [0.2, 0.25) is 0 Å². The number of anilines is 2. The van der Waals surface area contributed by atoms with Gasteiger partial charge < -0.3 is 15.0 Å².